The lowest BCUT2D eigenvalue weighted by atomic mass is 10.1. The second-order valence-corrected chi connectivity index (χ2v) is 5.18. The van der Waals surface area contributed by atoms with Gasteiger partial charge in [0, 0.05) is 37.1 Å². The molecule has 1 aliphatic rings. The third-order valence-corrected chi connectivity index (χ3v) is 3.87. The molecule has 1 saturated heterocycles. The number of rotatable bonds is 2. The van der Waals surface area contributed by atoms with Gasteiger partial charge in [-0.15, -0.1) is 0 Å². The van der Waals surface area contributed by atoms with Gasteiger partial charge in [0.2, 0.25) is 0 Å². The third kappa shape index (κ3) is 2.29. The van der Waals surface area contributed by atoms with Crippen molar-refractivity contribution in [2.45, 2.75) is 46.2 Å². The normalized spacial score (nSPS) is 20.2. The molecular formula is C14H23N3O. The Labute approximate surface area is 109 Å². The highest BCUT2D eigenvalue weighted by molar-refractivity contribution is 5.95. The number of nitrogens with zero attached hydrogens (tertiary/aromatic N) is 2. The van der Waals surface area contributed by atoms with Crippen molar-refractivity contribution >= 4 is 5.91 Å². The van der Waals surface area contributed by atoms with Crippen LogP contribution in [0.4, 0.5) is 0 Å². The van der Waals surface area contributed by atoms with Crippen molar-refractivity contribution in [3.8, 4) is 0 Å². The average molecular weight is 249 g/mol. The smallest absolute Gasteiger partial charge is 0.255 e. The van der Waals surface area contributed by atoms with E-state index in [4.69, 9.17) is 5.73 Å². The van der Waals surface area contributed by atoms with Gasteiger partial charge < -0.3 is 15.2 Å². The maximum absolute atomic E-state index is 12.5. The van der Waals surface area contributed by atoms with Crippen LogP contribution in [0.2, 0.25) is 0 Å². The van der Waals surface area contributed by atoms with Gasteiger partial charge in [0.05, 0.1) is 5.56 Å². The van der Waals surface area contributed by atoms with Crippen molar-refractivity contribution in [3.63, 3.8) is 0 Å². The number of aryl methyl sites for hydroxylation is 1. The minimum absolute atomic E-state index is 0.136. The molecular weight excluding hydrogens is 226 g/mol. The highest BCUT2D eigenvalue weighted by atomic mass is 16.2. The largest absolute Gasteiger partial charge is 0.349 e. The molecule has 0 aliphatic carbocycles. The molecule has 0 spiro atoms. The highest BCUT2D eigenvalue weighted by Gasteiger charge is 2.25. The molecule has 1 aromatic heterocycles. The molecule has 1 aromatic rings. The highest BCUT2D eigenvalue weighted by Crippen LogP contribution is 2.19. The van der Waals surface area contributed by atoms with E-state index in [1.807, 2.05) is 17.9 Å². The van der Waals surface area contributed by atoms with Crippen molar-refractivity contribution in [2.24, 2.45) is 5.73 Å². The maximum atomic E-state index is 12.5. The summed E-state index contributed by atoms with van der Waals surface area (Å²) < 4.78 is 2.18. The van der Waals surface area contributed by atoms with Gasteiger partial charge in [-0.2, -0.15) is 0 Å². The van der Waals surface area contributed by atoms with Gasteiger partial charge in [0.25, 0.3) is 5.91 Å². The van der Waals surface area contributed by atoms with Gasteiger partial charge in [-0.3, -0.25) is 4.79 Å². The van der Waals surface area contributed by atoms with E-state index >= 15 is 0 Å². The number of hydrogen-bond acceptors (Lipinski definition) is 2. The summed E-state index contributed by atoms with van der Waals surface area (Å²) in [5.41, 5.74) is 9.00. The fourth-order valence-electron chi connectivity index (χ4n) is 2.87. The molecule has 0 bridgehead atoms. The van der Waals surface area contributed by atoms with Crippen molar-refractivity contribution in [3.05, 3.63) is 23.0 Å². The molecule has 4 heteroatoms. The Morgan fingerprint density at radius 2 is 2.22 bits per heavy atom. The van der Waals surface area contributed by atoms with E-state index in [0.717, 1.165) is 42.9 Å². The Balaban J connectivity index is 2.23. The molecule has 1 atom stereocenters. The van der Waals surface area contributed by atoms with E-state index in [1.165, 1.54) is 0 Å². The molecule has 1 fully saturated rings. The van der Waals surface area contributed by atoms with Gasteiger partial charge in [-0.1, -0.05) is 0 Å². The number of piperidine rings is 1. The van der Waals surface area contributed by atoms with Crippen LogP contribution in [0.3, 0.4) is 0 Å². The zero-order chi connectivity index (χ0) is 13.3. The molecule has 1 amide bonds. The molecule has 100 valence electrons. The quantitative estimate of drug-likeness (QED) is 0.867. The van der Waals surface area contributed by atoms with Crippen molar-refractivity contribution in [2.75, 3.05) is 13.1 Å². The minimum atomic E-state index is 0.136. The zero-order valence-electron chi connectivity index (χ0n) is 11.6. The lowest BCUT2D eigenvalue weighted by Crippen LogP contribution is -2.45. The fourth-order valence-corrected chi connectivity index (χ4v) is 2.87. The molecule has 0 unspecified atom stereocenters. The standard InChI is InChI=1S/C14H23N3O/c1-4-17-10(2)8-13(11(17)3)14(18)16-7-5-6-12(15)9-16/h8,12H,4-7,9,15H2,1-3H3/t12-/m0/s1. The van der Waals surface area contributed by atoms with Gasteiger partial charge in [0.15, 0.2) is 0 Å². The van der Waals surface area contributed by atoms with Gasteiger partial charge in [-0.05, 0) is 39.7 Å². The SMILES string of the molecule is CCn1c(C)cc(C(=O)N2CCC[C@H](N)C2)c1C. The van der Waals surface area contributed by atoms with Crippen LogP contribution in [0.25, 0.3) is 0 Å². The third-order valence-electron chi connectivity index (χ3n) is 3.87. The first kappa shape index (κ1) is 13.1. The summed E-state index contributed by atoms with van der Waals surface area (Å²) in [6.45, 7) is 8.61. The van der Waals surface area contributed by atoms with Crippen LogP contribution in [0.1, 0.15) is 41.5 Å². The van der Waals surface area contributed by atoms with E-state index in [2.05, 4.69) is 18.4 Å². The zero-order valence-corrected chi connectivity index (χ0v) is 11.6. The van der Waals surface area contributed by atoms with Gasteiger partial charge in [-0.25, -0.2) is 0 Å². The first-order chi connectivity index (χ1) is 8.54. The van der Waals surface area contributed by atoms with Crippen LogP contribution in [-0.4, -0.2) is 34.5 Å². The summed E-state index contributed by atoms with van der Waals surface area (Å²) in [5, 5.41) is 0. The van der Waals surface area contributed by atoms with E-state index in [-0.39, 0.29) is 11.9 Å². The summed E-state index contributed by atoms with van der Waals surface area (Å²) in [4.78, 5) is 14.4. The first-order valence-corrected chi connectivity index (χ1v) is 6.76. The van der Waals surface area contributed by atoms with Crippen LogP contribution < -0.4 is 5.73 Å². The molecule has 18 heavy (non-hydrogen) atoms. The number of hydrogen-bond donors (Lipinski definition) is 1. The van der Waals surface area contributed by atoms with Crippen LogP contribution in [0.15, 0.2) is 6.07 Å². The first-order valence-electron chi connectivity index (χ1n) is 6.76. The summed E-state index contributed by atoms with van der Waals surface area (Å²) in [6.07, 6.45) is 2.04. The van der Waals surface area contributed by atoms with Crippen molar-refractivity contribution < 1.29 is 4.79 Å². The van der Waals surface area contributed by atoms with E-state index in [1.54, 1.807) is 0 Å². The number of likely N-dealkylation sites (tertiary alicyclic amines) is 1. The predicted octanol–water partition coefficient (Wildman–Crippen LogP) is 1.69. The van der Waals surface area contributed by atoms with E-state index in [9.17, 15) is 4.79 Å². The topological polar surface area (TPSA) is 51.3 Å². The number of carbonyl (C=O) groups excluding carboxylic acids is 1. The average Bonchev–Trinajstić information content (AvgIpc) is 2.63. The number of aromatic nitrogens is 1. The Kier molecular flexibility index (Phi) is 3.76. The number of carbonyl (C=O) groups is 1. The van der Waals surface area contributed by atoms with Gasteiger partial charge >= 0.3 is 0 Å². The minimum Gasteiger partial charge on any atom is -0.349 e. The summed E-state index contributed by atoms with van der Waals surface area (Å²) in [5.74, 6) is 0.137. The monoisotopic (exact) mass is 249 g/mol. The molecule has 0 saturated carbocycles. The van der Waals surface area contributed by atoms with Crippen LogP contribution in [-0.2, 0) is 6.54 Å². The summed E-state index contributed by atoms with van der Waals surface area (Å²) in [6, 6.07) is 2.14. The molecule has 2 rings (SSSR count). The molecule has 0 radical (unpaired) electrons. The Bertz CT molecular complexity index is 450. The van der Waals surface area contributed by atoms with Crippen LogP contribution >= 0.6 is 0 Å². The Hall–Kier alpha value is -1.29. The second kappa shape index (κ2) is 5.14. The molecule has 4 nitrogen and oxygen atoms in total. The van der Waals surface area contributed by atoms with Crippen molar-refractivity contribution in [1.82, 2.24) is 9.47 Å². The number of nitrogens with two attached hydrogens (primary N) is 1. The fraction of sp³-hybridized carbons (Fsp3) is 0.643. The summed E-state index contributed by atoms with van der Waals surface area (Å²) in [7, 11) is 0. The van der Waals surface area contributed by atoms with Crippen molar-refractivity contribution in [1.29, 1.82) is 0 Å². The molecule has 2 heterocycles. The van der Waals surface area contributed by atoms with E-state index < -0.39 is 0 Å². The van der Waals surface area contributed by atoms with Gasteiger partial charge in [0.1, 0.15) is 0 Å². The van der Waals surface area contributed by atoms with Crippen LogP contribution in [0, 0.1) is 13.8 Å². The lowest BCUT2D eigenvalue weighted by Gasteiger charge is -2.30. The number of amides is 1. The Morgan fingerprint density at radius 3 is 2.78 bits per heavy atom. The lowest BCUT2D eigenvalue weighted by molar-refractivity contribution is 0.0708. The van der Waals surface area contributed by atoms with E-state index in [0.29, 0.717) is 6.54 Å². The van der Waals surface area contributed by atoms with Crippen LogP contribution in [0.5, 0.6) is 0 Å². The predicted molar refractivity (Wildman–Crippen MR) is 72.7 cm³/mol. The molecule has 1 aliphatic heterocycles. The maximum Gasteiger partial charge on any atom is 0.255 e. The second-order valence-electron chi connectivity index (χ2n) is 5.18. The Morgan fingerprint density at radius 1 is 1.50 bits per heavy atom. The molecule has 2 N–H and O–H groups in total. The molecule has 0 aromatic carbocycles. The summed E-state index contributed by atoms with van der Waals surface area (Å²) >= 11 is 0.